The molecule has 2 aromatic carbocycles. The van der Waals surface area contributed by atoms with Gasteiger partial charge < -0.3 is 4.90 Å². The molecular weight excluding hydrogens is 372 g/mol. The molecule has 0 spiro atoms. The van der Waals surface area contributed by atoms with E-state index in [-0.39, 0.29) is 18.2 Å². The molecule has 0 unspecified atom stereocenters. The van der Waals surface area contributed by atoms with Crippen molar-refractivity contribution >= 4 is 33.2 Å². The van der Waals surface area contributed by atoms with Crippen LogP contribution in [0.25, 0.3) is 0 Å². The summed E-state index contributed by atoms with van der Waals surface area (Å²) in [5, 5.41) is 0.596. The van der Waals surface area contributed by atoms with E-state index in [4.69, 9.17) is 11.6 Å². The van der Waals surface area contributed by atoms with E-state index in [1.165, 1.54) is 0 Å². The second-order valence-electron chi connectivity index (χ2n) is 6.32. The summed E-state index contributed by atoms with van der Waals surface area (Å²) in [5.41, 5.74) is 3.42. The summed E-state index contributed by atoms with van der Waals surface area (Å²) in [5.74, 6) is 0.0678. The summed E-state index contributed by atoms with van der Waals surface area (Å²) in [6, 6.07) is 12.6. The van der Waals surface area contributed by atoms with Crippen molar-refractivity contribution in [2.75, 3.05) is 17.2 Å². The van der Waals surface area contributed by atoms with Crippen LogP contribution in [-0.4, -0.2) is 26.6 Å². The van der Waals surface area contributed by atoms with E-state index in [1.807, 2.05) is 25.1 Å². The minimum atomic E-state index is -3.23. The van der Waals surface area contributed by atoms with Crippen LogP contribution < -0.4 is 9.62 Å². The zero-order chi connectivity index (χ0) is 18.7. The molecule has 138 valence electrons. The number of halogens is 1. The Kier molecular flexibility index (Phi) is 5.65. The van der Waals surface area contributed by atoms with Gasteiger partial charge in [0.15, 0.2) is 0 Å². The molecule has 26 heavy (non-hydrogen) atoms. The van der Waals surface area contributed by atoms with E-state index in [2.05, 4.69) is 4.72 Å². The summed E-state index contributed by atoms with van der Waals surface area (Å²) < 4.78 is 26.2. The molecule has 0 aliphatic carbocycles. The average Bonchev–Trinajstić information content (AvgIpc) is 3.03. The molecule has 2 aromatic rings. The van der Waals surface area contributed by atoms with Gasteiger partial charge in [-0.15, -0.1) is 0 Å². The maximum Gasteiger partial charge on any atom is 0.258 e. The Morgan fingerprint density at radius 2 is 1.92 bits per heavy atom. The number of benzene rings is 2. The van der Waals surface area contributed by atoms with Gasteiger partial charge in [0.2, 0.25) is 10.0 Å². The normalized spacial score (nSPS) is 13.7. The highest BCUT2D eigenvalue weighted by Crippen LogP contribution is 2.30. The van der Waals surface area contributed by atoms with Gasteiger partial charge in [0.05, 0.1) is 5.75 Å². The van der Waals surface area contributed by atoms with Crippen LogP contribution in [0.15, 0.2) is 42.5 Å². The molecule has 7 heteroatoms. The molecule has 0 bridgehead atoms. The van der Waals surface area contributed by atoms with Crippen LogP contribution >= 0.6 is 11.6 Å². The molecule has 0 aromatic heterocycles. The van der Waals surface area contributed by atoms with Crippen LogP contribution in [-0.2, 0) is 23.0 Å². The summed E-state index contributed by atoms with van der Waals surface area (Å²) in [6.45, 7) is 2.71. The standard InChI is InChI=1S/C19H21ClN2O3S/c1-2-11-26(24,25)21-13-14-3-8-18-16(12-14)9-10-22(18)19(23)15-4-6-17(20)7-5-15/h3-8,12,21H,2,9-11,13H2,1H3. The minimum Gasteiger partial charge on any atom is -0.308 e. The van der Waals surface area contributed by atoms with Crippen molar-refractivity contribution in [2.45, 2.75) is 26.3 Å². The molecule has 0 saturated heterocycles. The molecule has 1 N–H and O–H groups in total. The fourth-order valence-electron chi connectivity index (χ4n) is 3.06. The lowest BCUT2D eigenvalue weighted by Gasteiger charge is -2.18. The predicted octanol–water partition coefficient (Wildman–Crippen LogP) is 3.37. The smallest absolute Gasteiger partial charge is 0.258 e. The van der Waals surface area contributed by atoms with Crippen LogP contribution in [0.5, 0.6) is 0 Å². The second-order valence-corrected chi connectivity index (χ2v) is 8.68. The van der Waals surface area contributed by atoms with Gasteiger partial charge in [0, 0.05) is 29.4 Å². The molecule has 3 rings (SSSR count). The van der Waals surface area contributed by atoms with Crippen molar-refractivity contribution in [2.24, 2.45) is 0 Å². The molecule has 1 amide bonds. The van der Waals surface area contributed by atoms with Crippen LogP contribution in [0.1, 0.15) is 34.8 Å². The minimum absolute atomic E-state index is 0.0585. The highest BCUT2D eigenvalue weighted by atomic mass is 35.5. The van der Waals surface area contributed by atoms with Gasteiger partial charge in [-0.2, -0.15) is 0 Å². The second kappa shape index (κ2) is 7.78. The van der Waals surface area contributed by atoms with Gasteiger partial charge in [-0.25, -0.2) is 13.1 Å². The van der Waals surface area contributed by atoms with E-state index in [0.29, 0.717) is 23.6 Å². The Bertz CT molecular complexity index is 911. The van der Waals surface area contributed by atoms with Crippen LogP contribution in [0.2, 0.25) is 5.02 Å². The third kappa shape index (κ3) is 4.26. The first-order chi connectivity index (χ1) is 12.4. The lowest BCUT2D eigenvalue weighted by Crippen LogP contribution is -2.28. The molecule has 0 radical (unpaired) electrons. The lowest BCUT2D eigenvalue weighted by atomic mass is 10.1. The first-order valence-electron chi connectivity index (χ1n) is 8.56. The van der Waals surface area contributed by atoms with E-state index >= 15 is 0 Å². The first kappa shape index (κ1) is 18.9. The van der Waals surface area contributed by atoms with E-state index in [9.17, 15) is 13.2 Å². The van der Waals surface area contributed by atoms with Crippen molar-refractivity contribution in [3.8, 4) is 0 Å². The Morgan fingerprint density at radius 1 is 1.19 bits per heavy atom. The zero-order valence-corrected chi connectivity index (χ0v) is 16.1. The highest BCUT2D eigenvalue weighted by Gasteiger charge is 2.25. The predicted molar refractivity (Wildman–Crippen MR) is 104 cm³/mol. The number of fused-ring (bicyclic) bond motifs is 1. The number of amides is 1. The monoisotopic (exact) mass is 392 g/mol. The molecule has 5 nitrogen and oxygen atoms in total. The van der Waals surface area contributed by atoms with Gasteiger partial charge in [-0.1, -0.05) is 30.7 Å². The highest BCUT2D eigenvalue weighted by molar-refractivity contribution is 7.89. The number of carbonyl (C=O) groups is 1. The Labute approximate surface area is 159 Å². The van der Waals surface area contributed by atoms with Crippen molar-refractivity contribution in [3.05, 3.63) is 64.2 Å². The summed E-state index contributed by atoms with van der Waals surface area (Å²) >= 11 is 5.88. The molecule has 1 aliphatic rings. The zero-order valence-electron chi connectivity index (χ0n) is 14.5. The van der Waals surface area contributed by atoms with Crippen LogP contribution in [0.4, 0.5) is 5.69 Å². The number of carbonyl (C=O) groups excluding carboxylic acids is 1. The Morgan fingerprint density at radius 3 is 2.62 bits per heavy atom. The fraction of sp³-hybridized carbons (Fsp3) is 0.316. The van der Waals surface area contributed by atoms with Crippen molar-refractivity contribution in [3.63, 3.8) is 0 Å². The van der Waals surface area contributed by atoms with Crippen molar-refractivity contribution < 1.29 is 13.2 Å². The summed E-state index contributed by atoms with van der Waals surface area (Å²) in [6.07, 6.45) is 1.34. The maximum atomic E-state index is 12.7. The number of hydrogen-bond acceptors (Lipinski definition) is 3. The Hall–Kier alpha value is -1.89. The molecule has 0 saturated carbocycles. The van der Waals surface area contributed by atoms with Crippen LogP contribution in [0, 0.1) is 0 Å². The van der Waals surface area contributed by atoms with Gasteiger partial charge >= 0.3 is 0 Å². The topological polar surface area (TPSA) is 66.5 Å². The maximum absolute atomic E-state index is 12.7. The number of nitrogens with zero attached hydrogens (tertiary/aromatic N) is 1. The lowest BCUT2D eigenvalue weighted by molar-refractivity contribution is 0.0989. The molecule has 1 heterocycles. The van der Waals surface area contributed by atoms with Crippen molar-refractivity contribution in [1.29, 1.82) is 0 Å². The number of anilines is 1. The number of rotatable bonds is 6. The average molecular weight is 393 g/mol. The molecule has 1 aliphatic heterocycles. The number of hydrogen-bond donors (Lipinski definition) is 1. The quantitative estimate of drug-likeness (QED) is 0.819. The molecule has 0 atom stereocenters. The summed E-state index contributed by atoms with van der Waals surface area (Å²) in [7, 11) is -3.23. The SMILES string of the molecule is CCCS(=O)(=O)NCc1ccc2c(c1)CCN2C(=O)c1ccc(Cl)cc1. The summed E-state index contributed by atoms with van der Waals surface area (Å²) in [4.78, 5) is 14.5. The third-order valence-corrected chi connectivity index (χ3v) is 6.13. The number of nitrogens with one attached hydrogen (secondary N) is 1. The van der Waals surface area contributed by atoms with Gasteiger partial charge in [-0.05, 0) is 54.3 Å². The van der Waals surface area contributed by atoms with E-state index in [1.54, 1.807) is 29.2 Å². The Balaban J connectivity index is 1.74. The molecule has 0 fully saturated rings. The first-order valence-corrected chi connectivity index (χ1v) is 10.6. The fourth-order valence-corrected chi connectivity index (χ4v) is 4.25. The molecular formula is C19H21ClN2O3S. The van der Waals surface area contributed by atoms with Gasteiger partial charge in [0.25, 0.3) is 5.91 Å². The van der Waals surface area contributed by atoms with Gasteiger partial charge in [-0.3, -0.25) is 4.79 Å². The van der Waals surface area contributed by atoms with Crippen molar-refractivity contribution in [1.82, 2.24) is 4.72 Å². The largest absolute Gasteiger partial charge is 0.308 e. The van der Waals surface area contributed by atoms with E-state index < -0.39 is 10.0 Å². The van der Waals surface area contributed by atoms with E-state index in [0.717, 1.165) is 23.2 Å². The van der Waals surface area contributed by atoms with Gasteiger partial charge in [0.1, 0.15) is 0 Å². The third-order valence-electron chi connectivity index (χ3n) is 4.34. The number of sulfonamides is 1. The van der Waals surface area contributed by atoms with Crippen LogP contribution in [0.3, 0.4) is 0 Å².